The van der Waals surface area contributed by atoms with Gasteiger partial charge >= 0.3 is 0 Å². The molecule has 4 heteroatoms. The molecule has 0 fully saturated rings. The Morgan fingerprint density at radius 3 is 2.65 bits per heavy atom. The van der Waals surface area contributed by atoms with Crippen LogP contribution in [0.5, 0.6) is 0 Å². The van der Waals surface area contributed by atoms with Gasteiger partial charge < -0.3 is 14.8 Å². The van der Waals surface area contributed by atoms with Gasteiger partial charge in [-0.2, -0.15) is 0 Å². The molecular formula is C13H19NO3. The van der Waals surface area contributed by atoms with Crippen LogP contribution in [0.2, 0.25) is 0 Å². The van der Waals surface area contributed by atoms with Crippen molar-refractivity contribution < 1.29 is 14.3 Å². The number of benzene rings is 1. The highest BCUT2D eigenvalue weighted by molar-refractivity contribution is 5.96. The number of amides is 1. The van der Waals surface area contributed by atoms with Gasteiger partial charge in [-0.1, -0.05) is 12.1 Å². The zero-order chi connectivity index (χ0) is 12.9. The van der Waals surface area contributed by atoms with Crippen LogP contribution in [0, 0.1) is 0 Å². The van der Waals surface area contributed by atoms with Crippen molar-refractivity contribution in [2.45, 2.75) is 26.1 Å². The quantitative estimate of drug-likeness (QED) is 0.854. The second-order valence-corrected chi connectivity index (χ2v) is 4.30. The normalized spacial score (nSPS) is 11.3. The number of ether oxygens (including phenoxy) is 2. The molecule has 94 valence electrons. The van der Waals surface area contributed by atoms with Crippen LogP contribution in [-0.2, 0) is 20.9 Å². The van der Waals surface area contributed by atoms with E-state index in [9.17, 15) is 4.79 Å². The molecule has 0 bridgehead atoms. The number of hydrogen-bond donors (Lipinski definition) is 1. The second kappa shape index (κ2) is 5.80. The van der Waals surface area contributed by atoms with E-state index in [1.165, 1.54) is 7.11 Å². The monoisotopic (exact) mass is 237 g/mol. The van der Waals surface area contributed by atoms with E-state index in [0.717, 1.165) is 11.3 Å². The van der Waals surface area contributed by atoms with Gasteiger partial charge in [-0.25, -0.2) is 0 Å². The van der Waals surface area contributed by atoms with Gasteiger partial charge in [0.25, 0.3) is 5.91 Å². The van der Waals surface area contributed by atoms with Crippen LogP contribution in [0.1, 0.15) is 19.4 Å². The molecule has 17 heavy (non-hydrogen) atoms. The molecule has 0 spiro atoms. The van der Waals surface area contributed by atoms with Gasteiger partial charge in [0.2, 0.25) is 0 Å². The maximum atomic E-state index is 11.9. The summed E-state index contributed by atoms with van der Waals surface area (Å²) in [5, 5.41) is 2.81. The summed E-state index contributed by atoms with van der Waals surface area (Å²) < 4.78 is 10.2. The summed E-state index contributed by atoms with van der Waals surface area (Å²) >= 11 is 0. The highest BCUT2D eigenvalue weighted by Crippen LogP contribution is 2.15. The highest BCUT2D eigenvalue weighted by Gasteiger charge is 2.26. The van der Waals surface area contributed by atoms with Crippen LogP contribution in [0.4, 0.5) is 5.69 Å². The largest absolute Gasteiger partial charge is 0.380 e. The topological polar surface area (TPSA) is 47.6 Å². The molecule has 1 N–H and O–H groups in total. The molecule has 0 aliphatic heterocycles. The molecule has 0 unspecified atom stereocenters. The van der Waals surface area contributed by atoms with E-state index in [0.29, 0.717) is 6.61 Å². The lowest BCUT2D eigenvalue weighted by molar-refractivity contribution is -0.133. The lowest BCUT2D eigenvalue weighted by atomic mass is 10.1. The molecule has 0 aromatic heterocycles. The van der Waals surface area contributed by atoms with Crippen LogP contribution in [0.25, 0.3) is 0 Å². The highest BCUT2D eigenvalue weighted by atomic mass is 16.5. The molecule has 4 nitrogen and oxygen atoms in total. The first-order chi connectivity index (χ1) is 7.99. The standard InChI is InChI=1S/C13H19NO3/c1-13(2,17-4)12(15)14-11-7-5-6-10(8-11)9-16-3/h5-8H,9H2,1-4H3,(H,14,15). The Kier molecular flexibility index (Phi) is 4.66. The first kappa shape index (κ1) is 13.7. The Balaban J connectivity index is 2.75. The predicted molar refractivity (Wildman–Crippen MR) is 66.9 cm³/mol. The summed E-state index contributed by atoms with van der Waals surface area (Å²) in [6.07, 6.45) is 0. The molecule has 0 aliphatic carbocycles. The minimum atomic E-state index is -0.836. The molecule has 1 aromatic rings. The molecular weight excluding hydrogens is 218 g/mol. The van der Waals surface area contributed by atoms with Crippen LogP contribution >= 0.6 is 0 Å². The van der Waals surface area contributed by atoms with Crippen molar-refractivity contribution in [3.05, 3.63) is 29.8 Å². The van der Waals surface area contributed by atoms with Crippen LogP contribution in [0.3, 0.4) is 0 Å². The Morgan fingerprint density at radius 2 is 2.06 bits per heavy atom. The smallest absolute Gasteiger partial charge is 0.256 e. The number of methoxy groups -OCH3 is 2. The van der Waals surface area contributed by atoms with E-state index >= 15 is 0 Å². The number of carbonyl (C=O) groups excluding carboxylic acids is 1. The van der Waals surface area contributed by atoms with Crippen molar-refractivity contribution in [3.63, 3.8) is 0 Å². The van der Waals surface area contributed by atoms with Crippen LogP contribution in [-0.4, -0.2) is 25.7 Å². The third-order valence-corrected chi connectivity index (χ3v) is 2.55. The summed E-state index contributed by atoms with van der Waals surface area (Å²) in [6, 6.07) is 7.54. The lowest BCUT2D eigenvalue weighted by Gasteiger charge is -2.21. The van der Waals surface area contributed by atoms with Gasteiger partial charge in [-0.05, 0) is 31.5 Å². The van der Waals surface area contributed by atoms with Crippen molar-refractivity contribution in [1.29, 1.82) is 0 Å². The Bertz CT molecular complexity index is 388. The maximum Gasteiger partial charge on any atom is 0.256 e. The van der Waals surface area contributed by atoms with E-state index in [1.54, 1.807) is 21.0 Å². The van der Waals surface area contributed by atoms with E-state index in [4.69, 9.17) is 9.47 Å². The molecule has 0 saturated carbocycles. The van der Waals surface area contributed by atoms with Gasteiger partial charge in [-0.15, -0.1) is 0 Å². The molecule has 0 saturated heterocycles. The molecule has 1 rings (SSSR count). The van der Waals surface area contributed by atoms with Gasteiger partial charge in [0.1, 0.15) is 5.60 Å². The molecule has 1 amide bonds. The number of anilines is 1. The lowest BCUT2D eigenvalue weighted by Crippen LogP contribution is -2.38. The van der Waals surface area contributed by atoms with Crippen molar-refractivity contribution in [2.75, 3.05) is 19.5 Å². The predicted octanol–water partition coefficient (Wildman–Crippen LogP) is 2.20. The minimum absolute atomic E-state index is 0.172. The molecule has 0 radical (unpaired) electrons. The third kappa shape index (κ3) is 3.84. The molecule has 1 aromatic carbocycles. The van der Waals surface area contributed by atoms with Crippen molar-refractivity contribution in [1.82, 2.24) is 0 Å². The summed E-state index contributed by atoms with van der Waals surface area (Å²) in [4.78, 5) is 11.9. The zero-order valence-corrected chi connectivity index (χ0v) is 10.7. The number of nitrogens with one attached hydrogen (secondary N) is 1. The van der Waals surface area contributed by atoms with E-state index in [2.05, 4.69) is 5.32 Å². The Hall–Kier alpha value is -1.39. The molecule has 0 heterocycles. The third-order valence-electron chi connectivity index (χ3n) is 2.55. The fourth-order valence-corrected chi connectivity index (χ4v) is 1.28. The van der Waals surface area contributed by atoms with E-state index < -0.39 is 5.60 Å². The fourth-order valence-electron chi connectivity index (χ4n) is 1.28. The average molecular weight is 237 g/mol. The number of carbonyl (C=O) groups is 1. The minimum Gasteiger partial charge on any atom is -0.380 e. The Labute approximate surface area is 102 Å². The fraction of sp³-hybridized carbons (Fsp3) is 0.462. The number of hydrogen-bond acceptors (Lipinski definition) is 3. The van der Waals surface area contributed by atoms with Gasteiger partial charge in [0.05, 0.1) is 6.61 Å². The zero-order valence-electron chi connectivity index (χ0n) is 10.7. The number of rotatable bonds is 5. The van der Waals surface area contributed by atoms with E-state index in [-0.39, 0.29) is 5.91 Å². The summed E-state index contributed by atoms with van der Waals surface area (Å²) in [5.41, 5.74) is 0.923. The van der Waals surface area contributed by atoms with Gasteiger partial charge in [-0.3, -0.25) is 4.79 Å². The second-order valence-electron chi connectivity index (χ2n) is 4.30. The SMILES string of the molecule is COCc1cccc(NC(=O)C(C)(C)OC)c1. The summed E-state index contributed by atoms with van der Waals surface area (Å²) in [6.45, 7) is 3.97. The first-order valence-electron chi connectivity index (χ1n) is 5.44. The Morgan fingerprint density at radius 1 is 1.35 bits per heavy atom. The van der Waals surface area contributed by atoms with E-state index in [1.807, 2.05) is 24.3 Å². The molecule has 0 atom stereocenters. The summed E-state index contributed by atoms with van der Waals surface area (Å²) in [5.74, 6) is -0.172. The van der Waals surface area contributed by atoms with Crippen LogP contribution < -0.4 is 5.32 Å². The maximum absolute atomic E-state index is 11.9. The van der Waals surface area contributed by atoms with Gasteiger partial charge in [0.15, 0.2) is 0 Å². The van der Waals surface area contributed by atoms with Crippen molar-refractivity contribution in [2.24, 2.45) is 0 Å². The average Bonchev–Trinajstić information content (AvgIpc) is 2.30. The van der Waals surface area contributed by atoms with Gasteiger partial charge in [0, 0.05) is 19.9 Å². The molecule has 0 aliphatic rings. The summed E-state index contributed by atoms with van der Waals surface area (Å²) in [7, 11) is 3.15. The van der Waals surface area contributed by atoms with Crippen LogP contribution in [0.15, 0.2) is 24.3 Å². The van der Waals surface area contributed by atoms with Crippen molar-refractivity contribution >= 4 is 11.6 Å². The van der Waals surface area contributed by atoms with Crippen molar-refractivity contribution in [3.8, 4) is 0 Å². The first-order valence-corrected chi connectivity index (χ1v) is 5.44.